The molecule has 0 aromatic heterocycles. The molecule has 4 rings (SSSR count). The Bertz CT molecular complexity index is 1520. The van der Waals surface area contributed by atoms with E-state index in [0.717, 1.165) is 42.0 Å². The van der Waals surface area contributed by atoms with Crippen molar-refractivity contribution in [1.82, 2.24) is 10.2 Å². The summed E-state index contributed by atoms with van der Waals surface area (Å²) in [5.74, 6) is -0.824. The lowest BCUT2D eigenvalue weighted by Gasteiger charge is -2.33. The number of halogens is 2. The lowest BCUT2D eigenvalue weighted by molar-refractivity contribution is -0.139. The Morgan fingerprint density at radius 1 is 0.952 bits per heavy atom. The molecule has 0 saturated heterocycles. The van der Waals surface area contributed by atoms with Gasteiger partial charge >= 0.3 is 0 Å². The van der Waals surface area contributed by atoms with Crippen molar-refractivity contribution >= 4 is 50.7 Å². The van der Waals surface area contributed by atoms with Gasteiger partial charge in [-0.05, 0) is 75.1 Å². The largest absolute Gasteiger partial charge is 0.352 e. The van der Waals surface area contributed by atoms with Gasteiger partial charge in [0, 0.05) is 22.6 Å². The Labute approximate surface area is 258 Å². The highest BCUT2D eigenvalue weighted by atomic mass is 35.5. The molecule has 2 amide bonds. The number of para-hydroxylation sites is 1. The van der Waals surface area contributed by atoms with Crippen LogP contribution in [-0.4, -0.2) is 43.8 Å². The lowest BCUT2D eigenvalue weighted by atomic mass is 9.95. The quantitative estimate of drug-likeness (QED) is 0.271. The summed E-state index contributed by atoms with van der Waals surface area (Å²) in [5, 5.41) is 3.89. The summed E-state index contributed by atoms with van der Waals surface area (Å²) < 4.78 is 29.1. The van der Waals surface area contributed by atoms with Crippen molar-refractivity contribution in [1.29, 1.82) is 0 Å². The highest BCUT2D eigenvalue weighted by molar-refractivity contribution is 7.92. The third kappa shape index (κ3) is 7.65. The van der Waals surface area contributed by atoms with E-state index in [-0.39, 0.29) is 23.4 Å². The average Bonchev–Trinajstić information content (AvgIpc) is 2.96. The molecule has 1 unspecified atom stereocenters. The fourth-order valence-corrected chi connectivity index (χ4v) is 7.13. The molecule has 42 heavy (non-hydrogen) atoms. The molecule has 1 N–H and O–H groups in total. The monoisotopic (exact) mass is 629 g/mol. The van der Waals surface area contributed by atoms with Crippen molar-refractivity contribution in [3.05, 3.63) is 93.5 Å². The SMILES string of the molecule is Cc1ccc(S(=O)(=O)N(CC(=O)N(Cc2ccc(Cl)cc2Cl)C(C)C(=O)NC2CCCCC2)c2ccccc2C)cc1. The Kier molecular flexibility index (Phi) is 10.6. The molecule has 1 atom stereocenters. The first-order chi connectivity index (χ1) is 20.0. The first kappa shape index (κ1) is 31.9. The van der Waals surface area contributed by atoms with Crippen LogP contribution in [0.15, 0.2) is 71.6 Å². The van der Waals surface area contributed by atoms with Crippen LogP contribution in [0.2, 0.25) is 10.0 Å². The zero-order valence-electron chi connectivity index (χ0n) is 24.1. The second kappa shape index (κ2) is 13.9. The van der Waals surface area contributed by atoms with Gasteiger partial charge in [0.25, 0.3) is 10.0 Å². The molecule has 0 heterocycles. The summed E-state index contributed by atoms with van der Waals surface area (Å²) >= 11 is 12.6. The molecule has 0 spiro atoms. The maximum Gasteiger partial charge on any atom is 0.264 e. The van der Waals surface area contributed by atoms with Gasteiger partial charge in [-0.25, -0.2) is 8.42 Å². The Balaban J connectivity index is 1.70. The summed E-state index contributed by atoms with van der Waals surface area (Å²) in [6.45, 7) is 4.82. The number of anilines is 1. The topological polar surface area (TPSA) is 86.8 Å². The Hall–Kier alpha value is -3.07. The van der Waals surface area contributed by atoms with Crippen LogP contribution in [0.4, 0.5) is 5.69 Å². The second-order valence-corrected chi connectivity index (χ2v) is 13.6. The molecule has 224 valence electrons. The number of nitrogens with zero attached hydrogens (tertiary/aromatic N) is 2. The molecule has 7 nitrogen and oxygen atoms in total. The van der Waals surface area contributed by atoms with E-state index < -0.39 is 28.5 Å². The summed E-state index contributed by atoms with van der Waals surface area (Å²) in [6, 6.07) is 17.6. The van der Waals surface area contributed by atoms with Gasteiger partial charge in [0.15, 0.2) is 0 Å². The predicted octanol–water partition coefficient (Wildman–Crippen LogP) is 6.67. The molecular weight excluding hydrogens is 593 g/mol. The fraction of sp³-hybridized carbons (Fsp3) is 0.375. The number of benzene rings is 3. The van der Waals surface area contributed by atoms with E-state index in [1.54, 1.807) is 62.4 Å². The molecule has 1 fully saturated rings. The minimum Gasteiger partial charge on any atom is -0.352 e. The smallest absolute Gasteiger partial charge is 0.264 e. The normalized spacial score (nSPS) is 14.7. The summed E-state index contributed by atoms with van der Waals surface area (Å²) in [7, 11) is -4.14. The van der Waals surface area contributed by atoms with E-state index in [4.69, 9.17) is 23.2 Å². The number of nitrogens with one attached hydrogen (secondary N) is 1. The number of amides is 2. The first-order valence-corrected chi connectivity index (χ1v) is 16.4. The van der Waals surface area contributed by atoms with Crippen LogP contribution >= 0.6 is 23.2 Å². The van der Waals surface area contributed by atoms with Crippen LogP contribution < -0.4 is 9.62 Å². The minimum absolute atomic E-state index is 0.000278. The molecule has 0 bridgehead atoms. The standard InChI is InChI=1S/C32H37Cl2N3O4S/c1-22-13-17-28(18-14-22)42(40,41)37(30-12-8-7-9-23(30)2)21-31(38)36(20-25-15-16-26(33)19-29(25)34)24(3)32(39)35-27-10-5-4-6-11-27/h7-9,12-19,24,27H,4-6,10-11,20-21H2,1-3H3,(H,35,39). The lowest BCUT2D eigenvalue weighted by Crippen LogP contribution is -2.53. The van der Waals surface area contributed by atoms with E-state index in [0.29, 0.717) is 26.9 Å². The van der Waals surface area contributed by atoms with Crippen LogP contribution in [0.25, 0.3) is 0 Å². The zero-order valence-corrected chi connectivity index (χ0v) is 26.5. The van der Waals surface area contributed by atoms with Crippen LogP contribution in [0.5, 0.6) is 0 Å². The number of hydrogen-bond acceptors (Lipinski definition) is 4. The third-order valence-corrected chi connectivity index (χ3v) is 10.1. The van der Waals surface area contributed by atoms with Crippen molar-refractivity contribution < 1.29 is 18.0 Å². The van der Waals surface area contributed by atoms with Crippen molar-refractivity contribution in [3.63, 3.8) is 0 Å². The molecule has 1 aliphatic carbocycles. The van der Waals surface area contributed by atoms with E-state index in [9.17, 15) is 18.0 Å². The summed E-state index contributed by atoms with van der Waals surface area (Å²) in [4.78, 5) is 29.1. The van der Waals surface area contributed by atoms with Gasteiger partial charge in [0.2, 0.25) is 11.8 Å². The highest BCUT2D eigenvalue weighted by Crippen LogP contribution is 2.29. The van der Waals surface area contributed by atoms with Gasteiger partial charge in [-0.15, -0.1) is 0 Å². The van der Waals surface area contributed by atoms with Crippen molar-refractivity contribution in [2.75, 3.05) is 10.8 Å². The second-order valence-electron chi connectivity index (χ2n) is 10.9. The van der Waals surface area contributed by atoms with Crippen LogP contribution in [-0.2, 0) is 26.2 Å². The maximum atomic E-state index is 14.2. The van der Waals surface area contributed by atoms with Gasteiger partial charge in [0.05, 0.1) is 10.6 Å². The van der Waals surface area contributed by atoms with E-state index in [1.165, 1.54) is 17.0 Å². The zero-order chi connectivity index (χ0) is 30.4. The molecule has 0 aliphatic heterocycles. The molecular formula is C32H37Cl2N3O4S. The molecule has 1 saturated carbocycles. The van der Waals surface area contributed by atoms with Crippen molar-refractivity contribution in [2.24, 2.45) is 0 Å². The number of carbonyl (C=O) groups is 2. The molecule has 1 aliphatic rings. The van der Waals surface area contributed by atoms with E-state index in [1.807, 2.05) is 13.0 Å². The van der Waals surface area contributed by atoms with E-state index in [2.05, 4.69) is 5.32 Å². The number of hydrogen-bond donors (Lipinski definition) is 1. The Morgan fingerprint density at radius 2 is 1.62 bits per heavy atom. The Morgan fingerprint density at radius 3 is 2.26 bits per heavy atom. The van der Waals surface area contributed by atoms with Gasteiger partial charge < -0.3 is 10.2 Å². The maximum absolute atomic E-state index is 14.2. The highest BCUT2D eigenvalue weighted by Gasteiger charge is 2.34. The van der Waals surface area contributed by atoms with Gasteiger partial charge in [0.1, 0.15) is 12.6 Å². The number of sulfonamides is 1. The number of aryl methyl sites for hydroxylation is 2. The van der Waals surface area contributed by atoms with Gasteiger partial charge in [-0.3, -0.25) is 13.9 Å². The van der Waals surface area contributed by atoms with Crippen LogP contribution in [0.1, 0.15) is 55.7 Å². The van der Waals surface area contributed by atoms with Gasteiger partial charge in [-0.2, -0.15) is 0 Å². The molecule has 0 radical (unpaired) electrons. The summed E-state index contributed by atoms with van der Waals surface area (Å²) in [5.41, 5.74) is 2.58. The summed E-state index contributed by atoms with van der Waals surface area (Å²) in [6.07, 6.45) is 5.03. The van der Waals surface area contributed by atoms with Crippen LogP contribution in [0.3, 0.4) is 0 Å². The van der Waals surface area contributed by atoms with Gasteiger partial charge in [-0.1, -0.05) is 84.4 Å². The average molecular weight is 631 g/mol. The predicted molar refractivity (Wildman–Crippen MR) is 168 cm³/mol. The molecule has 3 aromatic carbocycles. The molecule has 3 aromatic rings. The van der Waals surface area contributed by atoms with Crippen molar-refractivity contribution in [3.8, 4) is 0 Å². The van der Waals surface area contributed by atoms with Crippen molar-refractivity contribution in [2.45, 2.75) is 76.4 Å². The number of rotatable bonds is 10. The fourth-order valence-electron chi connectivity index (χ4n) is 5.18. The van der Waals surface area contributed by atoms with Crippen LogP contribution in [0, 0.1) is 13.8 Å². The number of carbonyl (C=O) groups excluding carboxylic acids is 2. The van der Waals surface area contributed by atoms with E-state index >= 15 is 0 Å². The minimum atomic E-state index is -4.14. The molecule has 10 heteroatoms. The third-order valence-electron chi connectivity index (χ3n) is 7.75. The first-order valence-electron chi connectivity index (χ1n) is 14.2.